The molecule has 6 rings (SSSR count). The number of aromatic nitrogens is 2. The number of anilines is 1. The minimum Gasteiger partial charge on any atom is -0.355 e. The number of hydrogen-bond acceptors (Lipinski definition) is 4. The van der Waals surface area contributed by atoms with Gasteiger partial charge in [0, 0.05) is 32.7 Å². The Bertz CT molecular complexity index is 1400. The molecule has 2 aromatic carbocycles. The molecule has 0 atom stereocenters. The van der Waals surface area contributed by atoms with Crippen LogP contribution >= 0.6 is 0 Å². The lowest BCUT2D eigenvalue weighted by atomic mass is 10.0. The molecule has 0 bridgehead atoms. The second-order valence-corrected chi connectivity index (χ2v) is 9.57. The van der Waals surface area contributed by atoms with E-state index in [0.29, 0.717) is 0 Å². The number of aryl methyl sites for hydroxylation is 2. The van der Waals surface area contributed by atoms with Crippen LogP contribution in [-0.2, 0) is 19.4 Å². The quantitative estimate of drug-likeness (QED) is 0.464. The molecule has 5 heteroatoms. The lowest BCUT2D eigenvalue weighted by Gasteiger charge is -2.37. The number of hydrogen-bond donors (Lipinski definition) is 0. The maximum Gasteiger partial charge on any atom is 0.157 e. The Morgan fingerprint density at radius 2 is 1.67 bits per heavy atom. The van der Waals surface area contributed by atoms with Gasteiger partial charge in [0.2, 0.25) is 0 Å². The number of pyridine rings is 1. The molecule has 1 aliphatic carbocycles. The summed E-state index contributed by atoms with van der Waals surface area (Å²) in [6, 6.07) is 17.7. The number of benzene rings is 2. The summed E-state index contributed by atoms with van der Waals surface area (Å²) in [5, 5.41) is 10.1. The first kappa shape index (κ1) is 20.3. The molecule has 166 valence electrons. The Labute approximate surface area is 194 Å². The molecule has 4 aromatic rings. The van der Waals surface area contributed by atoms with E-state index in [1.54, 1.807) is 0 Å². The van der Waals surface area contributed by atoms with Gasteiger partial charge < -0.3 is 4.90 Å². The van der Waals surface area contributed by atoms with Gasteiger partial charge in [-0.05, 0) is 73.1 Å². The summed E-state index contributed by atoms with van der Waals surface area (Å²) in [6.45, 7) is 9.36. The van der Waals surface area contributed by atoms with Gasteiger partial charge in [-0.2, -0.15) is 5.26 Å². The second-order valence-electron chi connectivity index (χ2n) is 9.57. The van der Waals surface area contributed by atoms with E-state index in [1.807, 2.05) is 0 Å². The summed E-state index contributed by atoms with van der Waals surface area (Å²) >= 11 is 0. The Kier molecular flexibility index (Phi) is 4.85. The molecule has 3 heterocycles. The summed E-state index contributed by atoms with van der Waals surface area (Å²) in [4.78, 5) is 10.1. The highest BCUT2D eigenvalue weighted by Gasteiger charge is 2.30. The number of nitriles is 1. The SMILES string of the molecule is Cc1cc2nc3c(C#N)c4c(c(N5CCN(Cc6ccccc6)CC5)n3c2cc1C)CCC4. The van der Waals surface area contributed by atoms with Gasteiger partial charge in [0.05, 0.1) is 16.6 Å². The van der Waals surface area contributed by atoms with Crippen molar-refractivity contribution in [3.63, 3.8) is 0 Å². The second kappa shape index (κ2) is 7.90. The topological polar surface area (TPSA) is 47.6 Å². The molecule has 0 N–H and O–H groups in total. The van der Waals surface area contributed by atoms with Crippen molar-refractivity contribution in [2.24, 2.45) is 0 Å². The molecule has 0 saturated carbocycles. The van der Waals surface area contributed by atoms with Crippen LogP contribution in [0.3, 0.4) is 0 Å². The molecule has 1 aliphatic heterocycles. The summed E-state index contributed by atoms with van der Waals surface area (Å²) in [5.74, 6) is 1.28. The van der Waals surface area contributed by atoms with Crippen LogP contribution in [0.4, 0.5) is 5.82 Å². The van der Waals surface area contributed by atoms with E-state index in [2.05, 4.69) is 76.6 Å². The molecule has 5 nitrogen and oxygen atoms in total. The van der Waals surface area contributed by atoms with Gasteiger partial charge in [-0.1, -0.05) is 30.3 Å². The molecular weight excluding hydrogens is 406 g/mol. The summed E-state index contributed by atoms with van der Waals surface area (Å²) in [7, 11) is 0. The van der Waals surface area contributed by atoms with E-state index < -0.39 is 0 Å². The highest BCUT2D eigenvalue weighted by Crippen LogP contribution is 2.39. The zero-order valence-corrected chi connectivity index (χ0v) is 19.4. The Morgan fingerprint density at radius 1 is 0.939 bits per heavy atom. The average Bonchev–Trinajstić information content (AvgIpc) is 3.44. The van der Waals surface area contributed by atoms with Crippen molar-refractivity contribution in [3.05, 3.63) is 75.8 Å². The summed E-state index contributed by atoms with van der Waals surface area (Å²) < 4.78 is 2.30. The van der Waals surface area contributed by atoms with Gasteiger partial charge in [0.1, 0.15) is 11.9 Å². The maximum absolute atomic E-state index is 10.1. The molecule has 2 aliphatic rings. The summed E-state index contributed by atoms with van der Waals surface area (Å²) in [6.07, 6.45) is 3.15. The van der Waals surface area contributed by atoms with Gasteiger partial charge in [0.15, 0.2) is 5.65 Å². The van der Waals surface area contributed by atoms with E-state index in [0.717, 1.165) is 74.2 Å². The normalized spacial score (nSPS) is 16.5. The Balaban J connectivity index is 1.45. The highest BCUT2D eigenvalue weighted by molar-refractivity contribution is 5.87. The smallest absolute Gasteiger partial charge is 0.157 e. The third-order valence-corrected chi connectivity index (χ3v) is 7.53. The van der Waals surface area contributed by atoms with Crippen LogP contribution in [-0.4, -0.2) is 40.5 Å². The fourth-order valence-electron chi connectivity index (χ4n) is 5.66. The van der Waals surface area contributed by atoms with E-state index in [9.17, 15) is 5.26 Å². The number of fused-ring (bicyclic) bond motifs is 4. The zero-order valence-electron chi connectivity index (χ0n) is 19.4. The van der Waals surface area contributed by atoms with Crippen molar-refractivity contribution < 1.29 is 0 Å². The third kappa shape index (κ3) is 3.29. The zero-order chi connectivity index (χ0) is 22.5. The minimum absolute atomic E-state index is 0.778. The lowest BCUT2D eigenvalue weighted by Crippen LogP contribution is -2.46. The lowest BCUT2D eigenvalue weighted by molar-refractivity contribution is 0.249. The molecule has 1 fully saturated rings. The number of rotatable bonds is 3. The maximum atomic E-state index is 10.1. The Morgan fingerprint density at radius 3 is 2.42 bits per heavy atom. The van der Waals surface area contributed by atoms with Gasteiger partial charge in [-0.25, -0.2) is 4.98 Å². The largest absolute Gasteiger partial charge is 0.355 e. The first-order valence-corrected chi connectivity index (χ1v) is 12.0. The molecule has 0 amide bonds. The molecule has 0 spiro atoms. The van der Waals surface area contributed by atoms with Gasteiger partial charge in [-0.3, -0.25) is 9.30 Å². The predicted octanol–water partition coefficient (Wildman–Crippen LogP) is 4.79. The minimum atomic E-state index is 0.778. The monoisotopic (exact) mass is 435 g/mol. The molecule has 2 aromatic heterocycles. The molecule has 33 heavy (non-hydrogen) atoms. The van der Waals surface area contributed by atoms with E-state index >= 15 is 0 Å². The van der Waals surface area contributed by atoms with Crippen molar-refractivity contribution >= 4 is 22.5 Å². The van der Waals surface area contributed by atoms with Gasteiger partial charge in [-0.15, -0.1) is 0 Å². The van der Waals surface area contributed by atoms with Crippen molar-refractivity contribution in [3.8, 4) is 6.07 Å². The fourth-order valence-corrected chi connectivity index (χ4v) is 5.66. The fraction of sp³-hybridized carbons (Fsp3) is 0.357. The van der Waals surface area contributed by atoms with Gasteiger partial charge in [0.25, 0.3) is 0 Å². The molecule has 0 unspecified atom stereocenters. The van der Waals surface area contributed by atoms with Crippen LogP contribution in [0.25, 0.3) is 16.7 Å². The van der Waals surface area contributed by atoms with E-state index in [-0.39, 0.29) is 0 Å². The first-order chi connectivity index (χ1) is 16.1. The molecule has 1 saturated heterocycles. The van der Waals surface area contributed by atoms with Crippen LogP contribution in [0.5, 0.6) is 0 Å². The van der Waals surface area contributed by atoms with Gasteiger partial charge >= 0.3 is 0 Å². The van der Waals surface area contributed by atoms with Crippen molar-refractivity contribution in [1.82, 2.24) is 14.3 Å². The third-order valence-electron chi connectivity index (χ3n) is 7.53. The van der Waals surface area contributed by atoms with Crippen LogP contribution < -0.4 is 4.90 Å². The highest BCUT2D eigenvalue weighted by atomic mass is 15.3. The van der Waals surface area contributed by atoms with E-state index in [1.165, 1.54) is 33.6 Å². The molecular formula is C28H29N5. The number of piperazine rings is 1. The Hall–Kier alpha value is -3.36. The van der Waals surface area contributed by atoms with Crippen molar-refractivity contribution in [2.75, 3.05) is 31.1 Å². The van der Waals surface area contributed by atoms with Crippen molar-refractivity contribution in [1.29, 1.82) is 5.26 Å². The van der Waals surface area contributed by atoms with Crippen LogP contribution in [0, 0.1) is 25.2 Å². The first-order valence-electron chi connectivity index (χ1n) is 12.0. The van der Waals surface area contributed by atoms with Crippen LogP contribution in [0.1, 0.15) is 39.8 Å². The van der Waals surface area contributed by atoms with Crippen LogP contribution in [0.15, 0.2) is 42.5 Å². The summed E-state index contributed by atoms with van der Waals surface area (Å²) in [5.41, 5.74) is 10.2. The van der Waals surface area contributed by atoms with Crippen molar-refractivity contribution in [2.45, 2.75) is 39.7 Å². The standard InChI is InChI=1S/C28H29N5/c1-19-15-25-26(16-20(19)2)33-27(30-25)24(17-29)22-9-6-10-23(22)28(33)32-13-11-31(12-14-32)18-21-7-4-3-5-8-21/h3-5,7-8,15-16H,6,9-14,18H2,1-2H3. The predicted molar refractivity (Wildman–Crippen MR) is 133 cm³/mol. The van der Waals surface area contributed by atoms with Crippen LogP contribution in [0.2, 0.25) is 0 Å². The number of imidazole rings is 1. The number of nitrogens with zero attached hydrogens (tertiary/aromatic N) is 5. The average molecular weight is 436 g/mol. The van der Waals surface area contributed by atoms with E-state index in [4.69, 9.17) is 4.98 Å². The molecule has 0 radical (unpaired) electrons.